The summed E-state index contributed by atoms with van der Waals surface area (Å²) in [6.45, 7) is 2.07. The first-order valence-corrected chi connectivity index (χ1v) is 6.10. The summed E-state index contributed by atoms with van der Waals surface area (Å²) in [6, 6.07) is 9.29. The molecule has 0 radical (unpaired) electrons. The summed E-state index contributed by atoms with van der Waals surface area (Å²) in [5.74, 6) is 0.818. The zero-order chi connectivity index (χ0) is 10.7. The highest BCUT2D eigenvalue weighted by Crippen LogP contribution is 2.34. The lowest BCUT2D eigenvalue weighted by molar-refractivity contribution is 0.711. The van der Waals surface area contributed by atoms with E-state index >= 15 is 0 Å². The highest BCUT2D eigenvalue weighted by atomic mass is 14.6. The third-order valence-electron chi connectivity index (χ3n) is 3.34. The van der Waals surface area contributed by atoms with Gasteiger partial charge in [-0.15, -0.1) is 0 Å². The minimum absolute atomic E-state index is 0.267. The lowest BCUT2D eigenvalue weighted by atomic mass is 9.94. The van der Waals surface area contributed by atoms with Gasteiger partial charge in [-0.2, -0.15) is 0 Å². The van der Waals surface area contributed by atoms with Crippen LogP contribution < -0.4 is 5.73 Å². The zero-order valence-corrected chi connectivity index (χ0v) is 9.58. The van der Waals surface area contributed by atoms with Gasteiger partial charge in [-0.25, -0.2) is 0 Å². The van der Waals surface area contributed by atoms with E-state index < -0.39 is 0 Å². The van der Waals surface area contributed by atoms with E-state index in [0.29, 0.717) is 0 Å². The van der Waals surface area contributed by atoms with Gasteiger partial charge in [0.1, 0.15) is 0 Å². The number of rotatable bonds is 3. The van der Waals surface area contributed by atoms with Crippen LogP contribution in [0.25, 0.3) is 0 Å². The normalized spacial score (nSPS) is 19.3. The first kappa shape index (κ1) is 10.7. The summed E-state index contributed by atoms with van der Waals surface area (Å²) < 4.78 is 0. The first-order valence-electron chi connectivity index (χ1n) is 6.10. The SMILES string of the molecule is CC(N)Cc1cccc(C2CCCC2)c1. The van der Waals surface area contributed by atoms with Gasteiger partial charge in [0, 0.05) is 6.04 Å². The molecule has 0 saturated heterocycles. The van der Waals surface area contributed by atoms with Gasteiger partial charge >= 0.3 is 0 Å². The largest absolute Gasteiger partial charge is 0.328 e. The first-order chi connectivity index (χ1) is 7.25. The van der Waals surface area contributed by atoms with Gasteiger partial charge in [0.05, 0.1) is 0 Å². The average molecular weight is 203 g/mol. The van der Waals surface area contributed by atoms with Crippen LogP contribution in [0.1, 0.15) is 49.7 Å². The molecule has 82 valence electrons. The van der Waals surface area contributed by atoms with Crippen LogP contribution >= 0.6 is 0 Å². The summed E-state index contributed by atoms with van der Waals surface area (Å²) in [7, 11) is 0. The van der Waals surface area contributed by atoms with Crippen LogP contribution in [0, 0.1) is 0 Å². The van der Waals surface area contributed by atoms with E-state index in [1.807, 2.05) is 0 Å². The standard InChI is InChI=1S/C14H21N/c1-11(15)9-12-5-4-8-14(10-12)13-6-2-3-7-13/h4-5,8,10-11,13H,2-3,6-7,9,15H2,1H3. The molecule has 0 amide bonds. The minimum Gasteiger partial charge on any atom is -0.328 e. The molecule has 1 aliphatic rings. The molecule has 0 heterocycles. The van der Waals surface area contributed by atoms with Crippen molar-refractivity contribution in [1.29, 1.82) is 0 Å². The fraction of sp³-hybridized carbons (Fsp3) is 0.571. The van der Waals surface area contributed by atoms with Crippen LogP contribution in [-0.4, -0.2) is 6.04 Å². The predicted molar refractivity (Wildman–Crippen MR) is 65.0 cm³/mol. The Kier molecular flexibility index (Phi) is 3.42. The Morgan fingerprint density at radius 2 is 2.07 bits per heavy atom. The summed E-state index contributed by atoms with van der Waals surface area (Å²) in [6.07, 6.45) is 6.56. The average Bonchev–Trinajstić information content (AvgIpc) is 2.69. The Balaban J connectivity index is 2.11. The Labute approximate surface area is 92.7 Å². The van der Waals surface area contributed by atoms with Gasteiger partial charge in [-0.05, 0) is 43.2 Å². The van der Waals surface area contributed by atoms with Crippen molar-refractivity contribution in [3.05, 3.63) is 35.4 Å². The quantitative estimate of drug-likeness (QED) is 0.802. The number of hydrogen-bond donors (Lipinski definition) is 1. The van der Waals surface area contributed by atoms with Crippen molar-refractivity contribution in [1.82, 2.24) is 0 Å². The molecule has 2 rings (SSSR count). The Morgan fingerprint density at radius 1 is 1.33 bits per heavy atom. The number of benzene rings is 1. The van der Waals surface area contributed by atoms with Gasteiger partial charge in [0.25, 0.3) is 0 Å². The summed E-state index contributed by atoms with van der Waals surface area (Å²) >= 11 is 0. The molecule has 2 N–H and O–H groups in total. The molecule has 1 saturated carbocycles. The van der Waals surface area contributed by atoms with Crippen molar-refractivity contribution in [3.63, 3.8) is 0 Å². The van der Waals surface area contributed by atoms with E-state index in [-0.39, 0.29) is 6.04 Å². The molecule has 1 nitrogen and oxygen atoms in total. The molecule has 1 unspecified atom stereocenters. The molecular formula is C14H21N. The third kappa shape index (κ3) is 2.82. The highest BCUT2D eigenvalue weighted by molar-refractivity contribution is 5.27. The number of nitrogens with two attached hydrogens (primary N) is 1. The maximum absolute atomic E-state index is 5.83. The van der Waals surface area contributed by atoms with E-state index in [2.05, 4.69) is 31.2 Å². The Hall–Kier alpha value is -0.820. The number of hydrogen-bond acceptors (Lipinski definition) is 1. The van der Waals surface area contributed by atoms with Crippen LogP contribution in [-0.2, 0) is 6.42 Å². The molecule has 1 atom stereocenters. The molecule has 1 heteroatoms. The predicted octanol–water partition coefficient (Wildman–Crippen LogP) is 3.23. The van der Waals surface area contributed by atoms with E-state index in [0.717, 1.165) is 12.3 Å². The molecule has 1 fully saturated rings. The van der Waals surface area contributed by atoms with Gasteiger partial charge in [0.15, 0.2) is 0 Å². The molecule has 0 aromatic heterocycles. The van der Waals surface area contributed by atoms with Gasteiger partial charge in [-0.1, -0.05) is 37.1 Å². The van der Waals surface area contributed by atoms with Crippen LogP contribution in [0.15, 0.2) is 24.3 Å². The maximum Gasteiger partial charge on any atom is 0.00509 e. The fourth-order valence-corrected chi connectivity index (χ4v) is 2.60. The van der Waals surface area contributed by atoms with Crippen molar-refractivity contribution < 1.29 is 0 Å². The summed E-state index contributed by atoms with van der Waals surface area (Å²) in [5, 5.41) is 0. The summed E-state index contributed by atoms with van der Waals surface area (Å²) in [4.78, 5) is 0. The highest BCUT2D eigenvalue weighted by Gasteiger charge is 2.16. The molecule has 0 spiro atoms. The molecule has 0 aliphatic heterocycles. The topological polar surface area (TPSA) is 26.0 Å². The zero-order valence-electron chi connectivity index (χ0n) is 9.58. The monoisotopic (exact) mass is 203 g/mol. The van der Waals surface area contributed by atoms with Crippen molar-refractivity contribution in [2.75, 3.05) is 0 Å². The van der Waals surface area contributed by atoms with Crippen LogP contribution in [0.3, 0.4) is 0 Å². The second-order valence-corrected chi connectivity index (χ2v) is 4.91. The van der Waals surface area contributed by atoms with E-state index in [9.17, 15) is 0 Å². The van der Waals surface area contributed by atoms with Gasteiger partial charge < -0.3 is 5.73 Å². The van der Waals surface area contributed by atoms with Crippen molar-refractivity contribution in [2.45, 2.75) is 51.0 Å². The van der Waals surface area contributed by atoms with Crippen LogP contribution in [0.2, 0.25) is 0 Å². The van der Waals surface area contributed by atoms with Crippen LogP contribution in [0.5, 0.6) is 0 Å². The lowest BCUT2D eigenvalue weighted by Gasteiger charge is -2.12. The molecule has 15 heavy (non-hydrogen) atoms. The van der Waals surface area contributed by atoms with E-state index in [4.69, 9.17) is 5.73 Å². The Morgan fingerprint density at radius 3 is 2.73 bits per heavy atom. The van der Waals surface area contributed by atoms with Gasteiger partial charge in [-0.3, -0.25) is 0 Å². The Bertz CT molecular complexity index is 311. The van der Waals surface area contributed by atoms with Crippen molar-refractivity contribution in [2.24, 2.45) is 5.73 Å². The van der Waals surface area contributed by atoms with E-state index in [1.54, 1.807) is 0 Å². The second kappa shape index (κ2) is 4.80. The van der Waals surface area contributed by atoms with E-state index in [1.165, 1.54) is 36.8 Å². The van der Waals surface area contributed by atoms with Crippen LogP contribution in [0.4, 0.5) is 0 Å². The lowest BCUT2D eigenvalue weighted by Crippen LogP contribution is -2.17. The molecule has 1 aliphatic carbocycles. The maximum atomic E-state index is 5.83. The van der Waals surface area contributed by atoms with Crippen molar-refractivity contribution in [3.8, 4) is 0 Å². The van der Waals surface area contributed by atoms with Crippen molar-refractivity contribution >= 4 is 0 Å². The third-order valence-corrected chi connectivity index (χ3v) is 3.34. The fourth-order valence-electron chi connectivity index (χ4n) is 2.60. The van der Waals surface area contributed by atoms with Gasteiger partial charge in [0.2, 0.25) is 0 Å². The summed E-state index contributed by atoms with van der Waals surface area (Å²) in [5.41, 5.74) is 8.76. The minimum atomic E-state index is 0.267. The smallest absolute Gasteiger partial charge is 0.00509 e. The molecule has 0 bridgehead atoms. The molecule has 1 aromatic carbocycles. The second-order valence-electron chi connectivity index (χ2n) is 4.91. The molecular weight excluding hydrogens is 182 g/mol. The molecule has 1 aromatic rings.